The summed E-state index contributed by atoms with van der Waals surface area (Å²) in [5.41, 5.74) is 7.53. The van der Waals surface area contributed by atoms with E-state index < -0.39 is 0 Å². The molecule has 0 atom stereocenters. The van der Waals surface area contributed by atoms with Crippen molar-refractivity contribution in [3.63, 3.8) is 0 Å². The Kier molecular flexibility index (Phi) is 7.21. The summed E-state index contributed by atoms with van der Waals surface area (Å²) in [6.45, 7) is 0. The molecule has 0 spiro atoms. The molecule has 0 saturated carbocycles. The molecule has 4 aromatic heterocycles. The summed E-state index contributed by atoms with van der Waals surface area (Å²) in [6, 6.07) is 69.1. The number of hydrogen-bond donors (Lipinski definition) is 0. The van der Waals surface area contributed by atoms with Gasteiger partial charge in [0.05, 0.1) is 16.7 Å². The first-order valence-electron chi connectivity index (χ1n) is 21.2. The maximum absolute atomic E-state index is 7.02. The predicted octanol–water partition coefficient (Wildman–Crippen LogP) is 15.7. The van der Waals surface area contributed by atoms with Crippen molar-refractivity contribution in [3.8, 4) is 39.9 Å². The summed E-state index contributed by atoms with van der Waals surface area (Å²) < 4.78 is 11.9. The van der Waals surface area contributed by atoms with Crippen molar-refractivity contribution in [3.05, 3.63) is 194 Å². The van der Waals surface area contributed by atoms with Gasteiger partial charge in [0.1, 0.15) is 5.58 Å². The summed E-state index contributed by atoms with van der Waals surface area (Å²) >= 11 is 1.81. The third-order valence-electron chi connectivity index (χ3n) is 12.8. The summed E-state index contributed by atoms with van der Waals surface area (Å²) in [4.78, 5) is 16.0. The van der Waals surface area contributed by atoms with Gasteiger partial charge in [0.2, 0.25) is 0 Å². The average Bonchev–Trinajstić information content (AvgIpc) is 4.02. The van der Waals surface area contributed by atoms with Gasteiger partial charge in [-0.25, -0.2) is 15.0 Å². The van der Waals surface area contributed by atoms with Crippen LogP contribution >= 0.6 is 11.3 Å². The van der Waals surface area contributed by atoms with E-state index in [4.69, 9.17) is 19.4 Å². The number of para-hydroxylation sites is 1. The van der Waals surface area contributed by atoms with Crippen molar-refractivity contribution < 1.29 is 4.42 Å². The molecule has 0 unspecified atom stereocenters. The van der Waals surface area contributed by atoms with E-state index in [0.717, 1.165) is 66.1 Å². The number of nitrogens with zero attached hydrogens (tertiary/aromatic N) is 4. The van der Waals surface area contributed by atoms with Crippen LogP contribution in [0.3, 0.4) is 0 Å². The fourth-order valence-electron chi connectivity index (χ4n) is 9.94. The van der Waals surface area contributed by atoms with Crippen molar-refractivity contribution in [2.75, 3.05) is 0 Å². The molecule has 10 aromatic carbocycles. The topological polar surface area (TPSA) is 56.7 Å². The summed E-state index contributed by atoms with van der Waals surface area (Å²) in [5, 5.41) is 13.8. The van der Waals surface area contributed by atoms with Gasteiger partial charge in [-0.05, 0) is 93.0 Å². The first-order valence-corrected chi connectivity index (χ1v) is 22.0. The van der Waals surface area contributed by atoms with E-state index in [1.54, 1.807) is 11.3 Å². The van der Waals surface area contributed by atoms with E-state index in [0.29, 0.717) is 17.5 Å². The molecule has 0 fully saturated rings. The van der Waals surface area contributed by atoms with Crippen LogP contribution in [0.15, 0.2) is 199 Å². The molecule has 0 N–H and O–H groups in total. The van der Waals surface area contributed by atoms with Gasteiger partial charge in [0, 0.05) is 58.4 Å². The Balaban J connectivity index is 1.07. The SMILES string of the molecule is c1ccc2cc3c(cc2c1)c1c2ccccc2ccc1n3-c1ccc(-c2nc(-c3ccc4sc5ccccc5c4c3)nc(-c3cccc4ccccc34)n2)c2c1oc1ccccc12. The van der Waals surface area contributed by atoms with E-state index in [2.05, 4.69) is 193 Å². The number of furan rings is 1. The molecular weight excluding hydrogens is 789 g/mol. The second-order valence-corrected chi connectivity index (χ2v) is 17.4. The van der Waals surface area contributed by atoms with Crippen molar-refractivity contribution >= 4 is 108 Å². The molecule has 0 aliphatic rings. The fraction of sp³-hybridized carbons (Fsp3) is 0. The molecule has 0 aliphatic heterocycles. The van der Waals surface area contributed by atoms with Crippen LogP contribution in [-0.4, -0.2) is 19.5 Å². The van der Waals surface area contributed by atoms with Gasteiger partial charge in [-0.1, -0.05) is 133 Å². The van der Waals surface area contributed by atoms with Crippen LogP contribution in [0.1, 0.15) is 0 Å². The van der Waals surface area contributed by atoms with E-state index in [9.17, 15) is 0 Å². The van der Waals surface area contributed by atoms with Crippen LogP contribution < -0.4 is 0 Å². The predicted molar refractivity (Wildman–Crippen MR) is 263 cm³/mol. The zero-order valence-electron chi connectivity index (χ0n) is 33.6. The van der Waals surface area contributed by atoms with Crippen LogP contribution in [0.2, 0.25) is 0 Å². The zero-order valence-corrected chi connectivity index (χ0v) is 34.4. The number of aromatic nitrogens is 4. The normalized spacial score (nSPS) is 12.1. The Morgan fingerprint density at radius 1 is 0.381 bits per heavy atom. The van der Waals surface area contributed by atoms with Crippen LogP contribution in [0.5, 0.6) is 0 Å². The summed E-state index contributed by atoms with van der Waals surface area (Å²) in [7, 11) is 0. The van der Waals surface area contributed by atoms with Gasteiger partial charge in [-0.3, -0.25) is 0 Å². The van der Waals surface area contributed by atoms with E-state index >= 15 is 0 Å². The molecule has 5 nitrogen and oxygen atoms in total. The van der Waals surface area contributed by atoms with Crippen molar-refractivity contribution in [1.82, 2.24) is 19.5 Å². The zero-order chi connectivity index (χ0) is 41.2. The Morgan fingerprint density at radius 3 is 1.89 bits per heavy atom. The minimum atomic E-state index is 0.584. The molecule has 14 rings (SSSR count). The van der Waals surface area contributed by atoms with E-state index in [-0.39, 0.29) is 0 Å². The van der Waals surface area contributed by atoms with Gasteiger partial charge in [-0.2, -0.15) is 0 Å². The number of thiophene rings is 1. The van der Waals surface area contributed by atoms with Gasteiger partial charge in [0.15, 0.2) is 23.1 Å². The standard InChI is InChI=1S/C57H32N4OS/c1-2-15-36-32-48-45(30-35(36)14-1)52-39-18-6-4-13-34(39)24-27-46(52)61(48)47-28-26-43(53-42-20-7-9-22-49(42)62-54(47)53)57-59-55(37-25-29-51-44(31-37)40-19-8-10-23-50(40)63-51)58-56(60-57)41-21-11-16-33-12-3-5-17-38(33)41/h1-32H. The minimum Gasteiger partial charge on any atom is -0.454 e. The third-order valence-corrected chi connectivity index (χ3v) is 14.0. The highest BCUT2D eigenvalue weighted by Gasteiger charge is 2.24. The fourth-order valence-corrected chi connectivity index (χ4v) is 11.0. The molecule has 4 heterocycles. The lowest BCUT2D eigenvalue weighted by Gasteiger charge is -2.13. The first kappa shape index (κ1) is 34.5. The van der Waals surface area contributed by atoms with Crippen LogP contribution in [0, 0.1) is 0 Å². The smallest absolute Gasteiger partial charge is 0.164 e. The molecule has 0 radical (unpaired) electrons. The molecule has 0 aliphatic carbocycles. The number of benzene rings is 10. The maximum atomic E-state index is 7.02. The molecular formula is C57H32N4OS. The lowest BCUT2D eigenvalue weighted by atomic mass is 10.0. The van der Waals surface area contributed by atoms with Gasteiger partial charge >= 0.3 is 0 Å². The number of fused-ring (bicyclic) bond motifs is 13. The lowest BCUT2D eigenvalue weighted by molar-refractivity contribution is 0.666. The lowest BCUT2D eigenvalue weighted by Crippen LogP contribution is -2.01. The van der Waals surface area contributed by atoms with Crippen LogP contribution in [0.4, 0.5) is 0 Å². The van der Waals surface area contributed by atoms with Crippen molar-refractivity contribution in [2.24, 2.45) is 0 Å². The molecule has 0 bridgehead atoms. The second-order valence-electron chi connectivity index (χ2n) is 16.3. The van der Waals surface area contributed by atoms with Gasteiger partial charge in [-0.15, -0.1) is 11.3 Å². The van der Waals surface area contributed by atoms with Gasteiger partial charge in [0.25, 0.3) is 0 Å². The Labute approximate surface area is 363 Å². The first-order chi connectivity index (χ1) is 31.2. The van der Waals surface area contributed by atoms with Gasteiger partial charge < -0.3 is 8.98 Å². The molecule has 292 valence electrons. The molecule has 0 amide bonds. The quantitative estimate of drug-likeness (QED) is 0.177. The maximum Gasteiger partial charge on any atom is 0.164 e. The van der Waals surface area contributed by atoms with E-state index in [1.165, 1.54) is 52.5 Å². The van der Waals surface area contributed by atoms with E-state index in [1.807, 2.05) is 6.07 Å². The van der Waals surface area contributed by atoms with Crippen LogP contribution in [0.25, 0.3) is 136 Å². The Hall–Kier alpha value is -8.19. The molecule has 63 heavy (non-hydrogen) atoms. The highest BCUT2D eigenvalue weighted by molar-refractivity contribution is 7.25. The average molecular weight is 821 g/mol. The van der Waals surface area contributed by atoms with Crippen LogP contribution in [-0.2, 0) is 0 Å². The number of rotatable bonds is 4. The molecule has 0 saturated heterocycles. The monoisotopic (exact) mass is 820 g/mol. The molecule has 6 heteroatoms. The Morgan fingerprint density at radius 2 is 1.03 bits per heavy atom. The minimum absolute atomic E-state index is 0.584. The summed E-state index contributed by atoms with van der Waals surface area (Å²) in [6.07, 6.45) is 0. The van der Waals surface area contributed by atoms with Crippen molar-refractivity contribution in [2.45, 2.75) is 0 Å². The molecule has 14 aromatic rings. The van der Waals surface area contributed by atoms with Crippen molar-refractivity contribution in [1.29, 1.82) is 0 Å². The highest BCUT2D eigenvalue weighted by Crippen LogP contribution is 2.45. The highest BCUT2D eigenvalue weighted by atomic mass is 32.1. The second kappa shape index (κ2) is 13.2. The Bertz CT molecular complexity index is 4230. The number of hydrogen-bond acceptors (Lipinski definition) is 5. The largest absolute Gasteiger partial charge is 0.454 e. The third kappa shape index (κ3) is 5.13. The summed E-state index contributed by atoms with van der Waals surface area (Å²) in [5.74, 6) is 1.82.